The van der Waals surface area contributed by atoms with E-state index in [9.17, 15) is 24.0 Å². The number of carbonyl (C=O) groups excluding carboxylic acids is 5. The highest BCUT2D eigenvalue weighted by atomic mass is 16.6. The van der Waals surface area contributed by atoms with Crippen LogP contribution in [0.5, 0.6) is 0 Å². The lowest BCUT2D eigenvalue weighted by Gasteiger charge is -2.33. The van der Waals surface area contributed by atoms with Crippen LogP contribution in [0.4, 0.5) is 0 Å². The number of rotatable bonds is 14. The summed E-state index contributed by atoms with van der Waals surface area (Å²) in [5.41, 5.74) is 0. The molecule has 0 saturated carbocycles. The van der Waals surface area contributed by atoms with Crippen molar-refractivity contribution in [3.8, 4) is 0 Å². The van der Waals surface area contributed by atoms with Crippen LogP contribution in [0.25, 0.3) is 0 Å². The lowest BCUT2D eigenvalue weighted by Crippen LogP contribution is -2.51. The van der Waals surface area contributed by atoms with Gasteiger partial charge in [-0.3, -0.25) is 24.0 Å². The van der Waals surface area contributed by atoms with E-state index in [2.05, 4.69) is 0 Å². The van der Waals surface area contributed by atoms with Gasteiger partial charge in [0, 0.05) is 0 Å². The van der Waals surface area contributed by atoms with Crippen LogP contribution in [0.2, 0.25) is 0 Å². The third kappa shape index (κ3) is 12.0. The Bertz CT molecular complexity index is 674. The van der Waals surface area contributed by atoms with Crippen LogP contribution in [0.1, 0.15) is 69.2 Å². The maximum atomic E-state index is 12.6. The molecule has 0 heterocycles. The van der Waals surface area contributed by atoms with Gasteiger partial charge >= 0.3 is 29.8 Å². The molecule has 0 fully saturated rings. The average molecular weight is 503 g/mol. The van der Waals surface area contributed by atoms with Crippen molar-refractivity contribution in [3.63, 3.8) is 0 Å². The van der Waals surface area contributed by atoms with Gasteiger partial charge < -0.3 is 23.7 Å². The van der Waals surface area contributed by atoms with Crippen molar-refractivity contribution in [1.29, 1.82) is 0 Å². The molecule has 0 spiro atoms. The van der Waals surface area contributed by atoms with Crippen molar-refractivity contribution >= 4 is 29.8 Å². The maximum Gasteiger partial charge on any atom is 0.308 e. The second-order valence-electron chi connectivity index (χ2n) is 9.89. The summed E-state index contributed by atoms with van der Waals surface area (Å²) >= 11 is 0. The first-order chi connectivity index (χ1) is 16.1. The minimum Gasteiger partial charge on any atom is -0.461 e. The normalized spacial score (nSPS) is 14.0. The molecule has 0 saturated heterocycles. The Balaban J connectivity index is 6.34. The van der Waals surface area contributed by atoms with Gasteiger partial charge in [0.2, 0.25) is 0 Å². The Kier molecular flexibility index (Phi) is 14.2. The highest BCUT2D eigenvalue weighted by molar-refractivity contribution is 5.74. The summed E-state index contributed by atoms with van der Waals surface area (Å²) < 4.78 is 27.2. The average Bonchev–Trinajstić information content (AvgIpc) is 2.76. The summed E-state index contributed by atoms with van der Waals surface area (Å²) in [5, 5.41) is 0. The van der Waals surface area contributed by atoms with Gasteiger partial charge in [-0.2, -0.15) is 0 Å². The molecule has 3 atom stereocenters. The molecule has 0 aromatic rings. The molecule has 0 bridgehead atoms. The zero-order chi connectivity index (χ0) is 27.5. The molecule has 0 radical (unpaired) electrons. The van der Waals surface area contributed by atoms with Crippen LogP contribution in [0, 0.1) is 29.6 Å². The Morgan fingerprint density at radius 1 is 0.429 bits per heavy atom. The Morgan fingerprint density at radius 3 is 0.943 bits per heavy atom. The zero-order valence-electron chi connectivity index (χ0n) is 22.6. The van der Waals surface area contributed by atoms with Crippen molar-refractivity contribution in [3.05, 3.63) is 0 Å². The van der Waals surface area contributed by atoms with Crippen molar-refractivity contribution in [2.24, 2.45) is 29.6 Å². The lowest BCUT2D eigenvalue weighted by atomic mass is 10.1. The quantitative estimate of drug-likeness (QED) is 0.258. The molecule has 202 valence electrons. The standard InChI is InChI=1S/C25H42O10/c1-13(2)21(26)31-11-18(33-23(28)15(5)6)20(35-25(30)17(9)10)19(34-24(29)16(7)8)12-32-22(27)14(3)4/h13-20H,11-12H2,1-10H3/t18-,19+,20+. The van der Waals surface area contributed by atoms with E-state index < -0.39 is 91.0 Å². The van der Waals surface area contributed by atoms with E-state index in [1.165, 1.54) is 0 Å². The lowest BCUT2D eigenvalue weighted by molar-refractivity contribution is -0.201. The summed E-state index contributed by atoms with van der Waals surface area (Å²) in [6.07, 6.45) is -4.05. The fourth-order valence-corrected chi connectivity index (χ4v) is 2.29. The number of esters is 5. The van der Waals surface area contributed by atoms with Crippen LogP contribution in [0.3, 0.4) is 0 Å². The Morgan fingerprint density at radius 2 is 0.686 bits per heavy atom. The van der Waals surface area contributed by atoms with Crippen molar-refractivity contribution in [1.82, 2.24) is 0 Å². The van der Waals surface area contributed by atoms with E-state index in [0.29, 0.717) is 0 Å². The Hall–Kier alpha value is -2.65. The van der Waals surface area contributed by atoms with Crippen molar-refractivity contribution in [2.45, 2.75) is 87.5 Å². The predicted molar refractivity (Wildman–Crippen MR) is 126 cm³/mol. The van der Waals surface area contributed by atoms with Crippen LogP contribution < -0.4 is 0 Å². The van der Waals surface area contributed by atoms with E-state index in [1.807, 2.05) is 0 Å². The van der Waals surface area contributed by atoms with Gasteiger partial charge in [-0.25, -0.2) is 0 Å². The molecule has 0 aliphatic heterocycles. The summed E-state index contributed by atoms with van der Waals surface area (Å²) in [6.45, 7) is 15.2. The first-order valence-corrected chi connectivity index (χ1v) is 12.0. The third-order valence-corrected chi connectivity index (χ3v) is 4.66. The highest BCUT2D eigenvalue weighted by Gasteiger charge is 2.41. The molecular weight excluding hydrogens is 460 g/mol. The minimum atomic E-state index is -1.41. The Labute approximate surface area is 208 Å². The largest absolute Gasteiger partial charge is 0.461 e. The van der Waals surface area contributed by atoms with Crippen LogP contribution in [0.15, 0.2) is 0 Å². The first kappa shape index (κ1) is 32.4. The predicted octanol–water partition coefficient (Wildman–Crippen LogP) is 3.09. The second-order valence-corrected chi connectivity index (χ2v) is 9.89. The van der Waals surface area contributed by atoms with Crippen LogP contribution in [-0.2, 0) is 47.7 Å². The molecule has 0 aliphatic carbocycles. The molecule has 0 aromatic carbocycles. The monoisotopic (exact) mass is 502 g/mol. The van der Waals surface area contributed by atoms with Gasteiger partial charge in [0.1, 0.15) is 13.2 Å². The van der Waals surface area contributed by atoms with Crippen LogP contribution in [-0.4, -0.2) is 61.4 Å². The molecule has 35 heavy (non-hydrogen) atoms. The highest BCUT2D eigenvalue weighted by Crippen LogP contribution is 2.20. The summed E-state index contributed by atoms with van der Waals surface area (Å²) in [6, 6.07) is 0. The molecule has 0 amide bonds. The van der Waals surface area contributed by atoms with Gasteiger partial charge in [0.25, 0.3) is 0 Å². The van der Waals surface area contributed by atoms with Crippen molar-refractivity contribution in [2.75, 3.05) is 13.2 Å². The van der Waals surface area contributed by atoms with Crippen LogP contribution >= 0.6 is 0 Å². The molecule has 0 aliphatic rings. The van der Waals surface area contributed by atoms with E-state index in [0.717, 1.165) is 0 Å². The second kappa shape index (κ2) is 15.4. The SMILES string of the molecule is CC(C)C(=O)OC[C@H](OC(=O)C(C)C)[C@@H](OC(=O)C(C)C)[C@@H](COC(=O)C(C)C)OC(=O)C(C)C. The van der Waals surface area contributed by atoms with Gasteiger partial charge in [0.15, 0.2) is 18.3 Å². The third-order valence-electron chi connectivity index (χ3n) is 4.66. The summed E-state index contributed by atoms with van der Waals surface area (Å²) in [5.74, 6) is -5.68. The molecule has 0 rings (SSSR count). The first-order valence-electron chi connectivity index (χ1n) is 12.0. The van der Waals surface area contributed by atoms with Gasteiger partial charge in [0.05, 0.1) is 29.6 Å². The van der Waals surface area contributed by atoms with E-state index >= 15 is 0 Å². The molecule has 0 unspecified atom stereocenters. The fraction of sp³-hybridized carbons (Fsp3) is 0.800. The molecule has 0 N–H and O–H groups in total. The molecular formula is C25H42O10. The summed E-state index contributed by atoms with van der Waals surface area (Å²) in [7, 11) is 0. The van der Waals surface area contributed by atoms with Gasteiger partial charge in [-0.1, -0.05) is 69.2 Å². The number of ether oxygens (including phenoxy) is 5. The van der Waals surface area contributed by atoms with Crippen molar-refractivity contribution < 1.29 is 47.7 Å². The fourth-order valence-electron chi connectivity index (χ4n) is 2.29. The van der Waals surface area contributed by atoms with Gasteiger partial charge in [-0.05, 0) is 0 Å². The minimum absolute atomic E-state index is 0.459. The number of hydrogen-bond donors (Lipinski definition) is 0. The topological polar surface area (TPSA) is 132 Å². The number of carbonyl (C=O) groups is 5. The number of hydrogen-bond acceptors (Lipinski definition) is 10. The van der Waals surface area contributed by atoms with E-state index in [1.54, 1.807) is 69.2 Å². The smallest absolute Gasteiger partial charge is 0.308 e. The van der Waals surface area contributed by atoms with E-state index in [-0.39, 0.29) is 0 Å². The summed E-state index contributed by atoms with van der Waals surface area (Å²) in [4.78, 5) is 61.8. The molecule has 10 heteroatoms. The molecule has 10 nitrogen and oxygen atoms in total. The van der Waals surface area contributed by atoms with Gasteiger partial charge in [-0.15, -0.1) is 0 Å². The molecule has 0 aromatic heterocycles. The van der Waals surface area contributed by atoms with E-state index in [4.69, 9.17) is 23.7 Å². The zero-order valence-corrected chi connectivity index (χ0v) is 22.6. The maximum absolute atomic E-state index is 12.6.